The Hall–Kier alpha value is -2.08. The fourth-order valence-corrected chi connectivity index (χ4v) is 6.68. The number of allylic oxidation sites excluding steroid dienone is 8. The Morgan fingerprint density at radius 3 is 2.03 bits per heavy atom. The van der Waals surface area contributed by atoms with Gasteiger partial charge in [-0.2, -0.15) is 0 Å². The summed E-state index contributed by atoms with van der Waals surface area (Å²) < 4.78 is 0. The lowest BCUT2D eigenvalue weighted by Crippen LogP contribution is -2.21. The Labute approximate surface area is 224 Å². The first-order chi connectivity index (χ1) is 17.0. The van der Waals surface area contributed by atoms with Crippen molar-refractivity contribution < 1.29 is 0 Å². The zero-order chi connectivity index (χ0) is 27.4. The molecule has 0 bridgehead atoms. The smallest absolute Gasteiger partial charge is 0.0106 e. The molecule has 1 fully saturated rings. The number of aryl methyl sites for hydroxylation is 1. The van der Waals surface area contributed by atoms with Crippen LogP contribution >= 0.6 is 0 Å². The summed E-state index contributed by atoms with van der Waals surface area (Å²) in [6.07, 6.45) is 7.60. The van der Waals surface area contributed by atoms with Crippen molar-refractivity contribution in [3.05, 3.63) is 88.1 Å². The third-order valence-electron chi connectivity index (χ3n) is 8.51. The second-order valence-electron chi connectivity index (χ2n) is 11.8. The molecule has 36 heavy (non-hydrogen) atoms. The Morgan fingerprint density at radius 1 is 0.944 bits per heavy atom. The first kappa shape index (κ1) is 30.1. The lowest BCUT2D eigenvalue weighted by Gasteiger charge is -2.31. The largest absolute Gasteiger partial charge is 0.0949 e. The molecule has 3 aliphatic rings. The molecule has 0 heterocycles. The second-order valence-corrected chi connectivity index (χ2v) is 11.8. The van der Waals surface area contributed by atoms with Gasteiger partial charge in [0.25, 0.3) is 0 Å². The lowest BCUT2D eigenvalue weighted by atomic mass is 9.73. The average molecular weight is 487 g/mol. The zero-order valence-electron chi connectivity index (χ0n) is 25.4. The number of benzene rings is 1. The fraction of sp³-hybridized carbons (Fsp3) is 0.556. The molecule has 0 heteroatoms. The molecule has 1 saturated carbocycles. The van der Waals surface area contributed by atoms with Crippen LogP contribution in [0.1, 0.15) is 106 Å². The Kier molecular flexibility index (Phi) is 10.4. The molecule has 3 aliphatic carbocycles. The van der Waals surface area contributed by atoms with Gasteiger partial charge in [0.1, 0.15) is 0 Å². The van der Waals surface area contributed by atoms with Gasteiger partial charge in [0, 0.05) is 11.8 Å². The van der Waals surface area contributed by atoms with Crippen LogP contribution in [0.3, 0.4) is 0 Å². The summed E-state index contributed by atoms with van der Waals surface area (Å²) in [5.41, 5.74) is 13.2. The summed E-state index contributed by atoms with van der Waals surface area (Å²) >= 11 is 0. The van der Waals surface area contributed by atoms with Crippen LogP contribution in [-0.4, -0.2) is 0 Å². The van der Waals surface area contributed by atoms with Gasteiger partial charge < -0.3 is 0 Å². The van der Waals surface area contributed by atoms with Crippen molar-refractivity contribution in [1.29, 1.82) is 0 Å². The quantitative estimate of drug-likeness (QED) is 0.388. The molecular formula is C36H54. The fourth-order valence-electron chi connectivity index (χ4n) is 6.68. The molecule has 4 rings (SSSR count). The Balaban J connectivity index is 0.00000109. The molecule has 1 aromatic rings. The highest BCUT2D eigenvalue weighted by Crippen LogP contribution is 2.56. The van der Waals surface area contributed by atoms with Crippen LogP contribution in [0.15, 0.2) is 76.9 Å². The van der Waals surface area contributed by atoms with E-state index in [2.05, 4.69) is 85.4 Å². The highest BCUT2D eigenvalue weighted by Gasteiger charge is 2.42. The molecule has 0 nitrogen and oxygen atoms in total. The third-order valence-corrected chi connectivity index (χ3v) is 8.51. The second kappa shape index (κ2) is 12.4. The lowest BCUT2D eigenvalue weighted by molar-refractivity contribution is 0.324. The van der Waals surface area contributed by atoms with Crippen LogP contribution in [0, 0.1) is 36.0 Å². The number of hydrogen-bond donors (Lipinski definition) is 0. The summed E-state index contributed by atoms with van der Waals surface area (Å²) in [6.45, 7) is 33.7. The molecule has 0 aliphatic heterocycles. The van der Waals surface area contributed by atoms with Gasteiger partial charge in [-0.15, -0.1) is 0 Å². The molecule has 1 aromatic carbocycles. The molecular weight excluding hydrogens is 432 g/mol. The topological polar surface area (TPSA) is 0 Å². The van der Waals surface area contributed by atoms with Crippen molar-refractivity contribution in [3.63, 3.8) is 0 Å². The maximum Gasteiger partial charge on any atom is 0.0106 e. The average Bonchev–Trinajstić information content (AvgIpc) is 3.53. The standard InChI is InChI=1S/C32H42.2C2H6/c1-19-13-15-25(16-14-19)21(3)22(4)26-17-28-29(18-26)31(32(7,8)9)24(6)30(28)23(5)27-12-10-11-20(27)2;2*1-2/h13-16,18,20,22,27,31H,3,5,10-12,17H2,1-2,4,6-9H3;2*1-2H3. The van der Waals surface area contributed by atoms with Crippen LogP contribution in [0.25, 0.3) is 5.57 Å². The van der Waals surface area contributed by atoms with E-state index < -0.39 is 0 Å². The van der Waals surface area contributed by atoms with E-state index in [9.17, 15) is 0 Å². The SMILES string of the molecule is C=C(c1ccc(C)cc1)C(C)C1=CC2=C(C1)C(C(=C)C1CCCC1C)=C(C)C2C(C)(C)C.CC.CC. The van der Waals surface area contributed by atoms with Gasteiger partial charge in [0.15, 0.2) is 0 Å². The first-order valence-electron chi connectivity index (χ1n) is 14.6. The normalized spacial score (nSPS) is 23.9. The molecule has 4 atom stereocenters. The van der Waals surface area contributed by atoms with Crippen LogP contribution < -0.4 is 0 Å². The van der Waals surface area contributed by atoms with E-state index in [1.165, 1.54) is 52.7 Å². The van der Waals surface area contributed by atoms with Crippen molar-refractivity contribution in [3.8, 4) is 0 Å². The van der Waals surface area contributed by atoms with Crippen molar-refractivity contribution in [1.82, 2.24) is 0 Å². The minimum absolute atomic E-state index is 0.205. The Bertz CT molecular complexity index is 1030. The van der Waals surface area contributed by atoms with E-state index >= 15 is 0 Å². The molecule has 0 saturated heterocycles. The number of rotatable bonds is 5. The van der Waals surface area contributed by atoms with Crippen molar-refractivity contribution in [2.24, 2.45) is 29.1 Å². The summed E-state index contributed by atoms with van der Waals surface area (Å²) in [6, 6.07) is 8.84. The molecule has 0 aromatic heterocycles. The maximum absolute atomic E-state index is 4.72. The monoisotopic (exact) mass is 486 g/mol. The van der Waals surface area contributed by atoms with E-state index in [4.69, 9.17) is 6.58 Å². The maximum atomic E-state index is 4.72. The highest BCUT2D eigenvalue weighted by atomic mass is 14.5. The molecule has 0 N–H and O–H groups in total. The number of hydrogen-bond acceptors (Lipinski definition) is 0. The van der Waals surface area contributed by atoms with Crippen molar-refractivity contribution in [2.75, 3.05) is 0 Å². The van der Waals surface area contributed by atoms with E-state index in [0.29, 0.717) is 17.8 Å². The molecule has 0 spiro atoms. The van der Waals surface area contributed by atoms with Gasteiger partial charge in [-0.1, -0.05) is 135 Å². The third kappa shape index (κ3) is 5.90. The van der Waals surface area contributed by atoms with Gasteiger partial charge >= 0.3 is 0 Å². The first-order valence-corrected chi connectivity index (χ1v) is 14.6. The predicted molar refractivity (Wildman–Crippen MR) is 163 cm³/mol. The van der Waals surface area contributed by atoms with Gasteiger partial charge in [-0.25, -0.2) is 0 Å². The van der Waals surface area contributed by atoms with Crippen LogP contribution in [0.4, 0.5) is 0 Å². The summed E-state index contributed by atoms with van der Waals surface area (Å²) in [5.74, 6) is 2.24. The molecule has 4 unspecified atom stereocenters. The van der Waals surface area contributed by atoms with Gasteiger partial charge in [-0.05, 0) is 77.4 Å². The molecule has 198 valence electrons. The van der Waals surface area contributed by atoms with E-state index in [0.717, 1.165) is 12.3 Å². The van der Waals surface area contributed by atoms with E-state index in [1.807, 2.05) is 27.7 Å². The van der Waals surface area contributed by atoms with Crippen LogP contribution in [-0.2, 0) is 0 Å². The van der Waals surface area contributed by atoms with Gasteiger partial charge in [0.2, 0.25) is 0 Å². The zero-order valence-corrected chi connectivity index (χ0v) is 25.4. The van der Waals surface area contributed by atoms with Crippen molar-refractivity contribution in [2.45, 2.75) is 102 Å². The van der Waals surface area contributed by atoms with Gasteiger partial charge in [-0.3, -0.25) is 0 Å². The molecule has 0 amide bonds. The van der Waals surface area contributed by atoms with Crippen LogP contribution in [0.5, 0.6) is 0 Å². The molecule has 0 radical (unpaired) electrons. The van der Waals surface area contributed by atoms with E-state index in [-0.39, 0.29) is 5.41 Å². The summed E-state index contributed by atoms with van der Waals surface area (Å²) in [5, 5.41) is 0. The van der Waals surface area contributed by atoms with Gasteiger partial charge in [0.05, 0.1) is 0 Å². The minimum Gasteiger partial charge on any atom is -0.0949 e. The highest BCUT2D eigenvalue weighted by molar-refractivity contribution is 5.72. The predicted octanol–water partition coefficient (Wildman–Crippen LogP) is 11.3. The Morgan fingerprint density at radius 2 is 1.53 bits per heavy atom. The van der Waals surface area contributed by atoms with Crippen molar-refractivity contribution >= 4 is 5.57 Å². The van der Waals surface area contributed by atoms with Crippen LogP contribution in [0.2, 0.25) is 0 Å². The van der Waals surface area contributed by atoms with E-state index in [1.54, 1.807) is 16.7 Å². The summed E-state index contributed by atoms with van der Waals surface area (Å²) in [4.78, 5) is 0. The summed E-state index contributed by atoms with van der Waals surface area (Å²) in [7, 11) is 0. The minimum atomic E-state index is 0.205.